The number of amides is 1. The second kappa shape index (κ2) is 8.15. The number of hydrogen-bond donors (Lipinski definition) is 0. The van der Waals surface area contributed by atoms with Crippen molar-refractivity contribution in [1.82, 2.24) is 0 Å². The van der Waals surface area contributed by atoms with Crippen LogP contribution in [0.4, 0.5) is 10.1 Å². The van der Waals surface area contributed by atoms with Gasteiger partial charge in [-0.1, -0.05) is 6.07 Å². The molecule has 1 aromatic heterocycles. The summed E-state index contributed by atoms with van der Waals surface area (Å²) in [6, 6.07) is 17.0. The van der Waals surface area contributed by atoms with E-state index in [2.05, 4.69) is 0 Å². The normalized spacial score (nSPS) is 10.8. The van der Waals surface area contributed by atoms with Crippen molar-refractivity contribution in [2.45, 2.75) is 26.5 Å². The number of thiophene rings is 1. The fourth-order valence-electron chi connectivity index (χ4n) is 2.56. The minimum Gasteiger partial charge on any atom is -0.491 e. The van der Waals surface area contributed by atoms with Crippen molar-refractivity contribution in [3.05, 3.63) is 82.3 Å². The molecule has 3 aromatic rings. The molecule has 1 heterocycles. The molecule has 2 aromatic carbocycles. The maximum absolute atomic E-state index is 13.3. The summed E-state index contributed by atoms with van der Waals surface area (Å²) in [5.74, 6) is 0.261. The average Bonchev–Trinajstić information content (AvgIpc) is 3.13. The Bertz CT molecular complexity index is 843. The first-order chi connectivity index (χ1) is 12.5. The molecule has 0 atom stereocenters. The third kappa shape index (κ3) is 4.49. The monoisotopic (exact) mass is 369 g/mol. The van der Waals surface area contributed by atoms with Gasteiger partial charge < -0.3 is 9.64 Å². The van der Waals surface area contributed by atoms with Gasteiger partial charge in [-0.15, -0.1) is 11.3 Å². The van der Waals surface area contributed by atoms with Crippen LogP contribution < -0.4 is 9.64 Å². The summed E-state index contributed by atoms with van der Waals surface area (Å²) in [6.45, 7) is 4.35. The summed E-state index contributed by atoms with van der Waals surface area (Å²) >= 11 is 1.58. The lowest BCUT2D eigenvalue weighted by Gasteiger charge is -2.22. The molecule has 134 valence electrons. The summed E-state index contributed by atoms with van der Waals surface area (Å²) in [5, 5.41) is 1.97. The predicted octanol–water partition coefficient (Wildman–Crippen LogP) is 5.52. The van der Waals surface area contributed by atoms with Gasteiger partial charge in [0.2, 0.25) is 0 Å². The number of anilines is 1. The Morgan fingerprint density at radius 3 is 2.35 bits per heavy atom. The third-order valence-electron chi connectivity index (χ3n) is 3.75. The van der Waals surface area contributed by atoms with E-state index in [0.717, 1.165) is 10.6 Å². The first kappa shape index (κ1) is 18.1. The Morgan fingerprint density at radius 1 is 1.08 bits per heavy atom. The molecule has 0 saturated heterocycles. The number of nitrogens with zero attached hydrogens (tertiary/aromatic N) is 1. The molecule has 0 bridgehead atoms. The molecule has 0 fully saturated rings. The Labute approximate surface area is 156 Å². The van der Waals surface area contributed by atoms with Crippen LogP contribution in [0.2, 0.25) is 0 Å². The minimum absolute atomic E-state index is 0.0751. The van der Waals surface area contributed by atoms with Crippen molar-refractivity contribution < 1.29 is 13.9 Å². The molecule has 0 unspecified atom stereocenters. The van der Waals surface area contributed by atoms with Gasteiger partial charge in [-0.25, -0.2) is 4.39 Å². The van der Waals surface area contributed by atoms with Gasteiger partial charge in [-0.2, -0.15) is 0 Å². The summed E-state index contributed by atoms with van der Waals surface area (Å²) in [5.41, 5.74) is 1.22. The van der Waals surface area contributed by atoms with Crippen LogP contribution in [0.3, 0.4) is 0 Å². The van der Waals surface area contributed by atoms with E-state index in [1.54, 1.807) is 52.6 Å². The molecule has 0 N–H and O–H groups in total. The zero-order valence-electron chi connectivity index (χ0n) is 14.7. The molecule has 1 amide bonds. The van der Waals surface area contributed by atoms with E-state index in [9.17, 15) is 9.18 Å². The largest absolute Gasteiger partial charge is 0.491 e. The van der Waals surface area contributed by atoms with Crippen LogP contribution >= 0.6 is 11.3 Å². The molecule has 0 aliphatic rings. The van der Waals surface area contributed by atoms with Crippen molar-refractivity contribution in [3.63, 3.8) is 0 Å². The zero-order chi connectivity index (χ0) is 18.5. The fraction of sp³-hybridized carbons (Fsp3) is 0.190. The molecule has 3 nitrogen and oxygen atoms in total. The average molecular weight is 369 g/mol. The van der Waals surface area contributed by atoms with Crippen molar-refractivity contribution >= 4 is 22.9 Å². The van der Waals surface area contributed by atoms with Crippen LogP contribution in [0, 0.1) is 5.82 Å². The summed E-state index contributed by atoms with van der Waals surface area (Å²) in [4.78, 5) is 15.8. The van der Waals surface area contributed by atoms with Crippen molar-refractivity contribution in [1.29, 1.82) is 0 Å². The van der Waals surface area contributed by atoms with Crippen molar-refractivity contribution in [2.24, 2.45) is 0 Å². The highest BCUT2D eigenvalue weighted by Crippen LogP contribution is 2.23. The Balaban J connectivity index is 1.87. The van der Waals surface area contributed by atoms with Crippen LogP contribution in [0.15, 0.2) is 66.0 Å². The number of carbonyl (C=O) groups is 1. The van der Waals surface area contributed by atoms with E-state index in [4.69, 9.17) is 4.74 Å². The van der Waals surface area contributed by atoms with Gasteiger partial charge in [-0.3, -0.25) is 4.79 Å². The smallest absolute Gasteiger partial charge is 0.258 e. The lowest BCUT2D eigenvalue weighted by atomic mass is 10.1. The standard InChI is InChI=1S/C21H20FNO2S/c1-15(2)25-19-11-5-16(6-12-19)21(24)23(14-20-4-3-13-26-20)18-9-7-17(22)8-10-18/h3-13,15H,14H2,1-2H3. The van der Waals surface area contributed by atoms with Crippen LogP contribution in [-0.4, -0.2) is 12.0 Å². The van der Waals surface area contributed by atoms with E-state index >= 15 is 0 Å². The van der Waals surface area contributed by atoms with Gasteiger partial charge in [0.25, 0.3) is 5.91 Å². The molecule has 5 heteroatoms. The lowest BCUT2D eigenvalue weighted by molar-refractivity contribution is 0.0985. The summed E-state index contributed by atoms with van der Waals surface area (Å²) in [7, 11) is 0. The molecule has 0 saturated carbocycles. The molecule has 0 radical (unpaired) electrons. The van der Waals surface area contributed by atoms with Crippen LogP contribution in [-0.2, 0) is 6.54 Å². The van der Waals surface area contributed by atoms with Gasteiger partial charge >= 0.3 is 0 Å². The molecular weight excluding hydrogens is 349 g/mol. The molecule has 0 aliphatic heterocycles. The van der Waals surface area contributed by atoms with Crippen LogP contribution in [0.25, 0.3) is 0 Å². The first-order valence-corrected chi connectivity index (χ1v) is 9.27. The second-order valence-electron chi connectivity index (χ2n) is 6.14. The third-order valence-corrected chi connectivity index (χ3v) is 4.61. The first-order valence-electron chi connectivity index (χ1n) is 8.39. The highest BCUT2D eigenvalue weighted by atomic mass is 32.1. The Morgan fingerprint density at radius 2 is 1.77 bits per heavy atom. The SMILES string of the molecule is CC(C)Oc1ccc(C(=O)N(Cc2cccs2)c2ccc(F)cc2)cc1. The maximum Gasteiger partial charge on any atom is 0.258 e. The van der Waals surface area contributed by atoms with E-state index in [1.807, 2.05) is 31.4 Å². The van der Waals surface area contributed by atoms with E-state index in [0.29, 0.717) is 17.8 Å². The fourth-order valence-corrected chi connectivity index (χ4v) is 3.26. The van der Waals surface area contributed by atoms with E-state index in [1.165, 1.54) is 12.1 Å². The van der Waals surface area contributed by atoms with Gasteiger partial charge in [0, 0.05) is 16.1 Å². The van der Waals surface area contributed by atoms with E-state index in [-0.39, 0.29) is 17.8 Å². The molecule has 0 spiro atoms. The van der Waals surface area contributed by atoms with Crippen molar-refractivity contribution in [3.8, 4) is 5.75 Å². The number of ether oxygens (including phenoxy) is 1. The summed E-state index contributed by atoms with van der Waals surface area (Å²) in [6.07, 6.45) is 0.0751. The second-order valence-corrected chi connectivity index (χ2v) is 7.17. The van der Waals surface area contributed by atoms with Crippen LogP contribution in [0.5, 0.6) is 5.75 Å². The molecule has 3 rings (SSSR count). The van der Waals surface area contributed by atoms with Crippen LogP contribution in [0.1, 0.15) is 29.1 Å². The van der Waals surface area contributed by atoms with Gasteiger partial charge in [0.1, 0.15) is 11.6 Å². The lowest BCUT2D eigenvalue weighted by Crippen LogP contribution is -2.30. The van der Waals surface area contributed by atoms with E-state index < -0.39 is 0 Å². The van der Waals surface area contributed by atoms with Crippen molar-refractivity contribution in [2.75, 3.05) is 4.90 Å². The minimum atomic E-state index is -0.326. The van der Waals surface area contributed by atoms with Gasteiger partial charge in [-0.05, 0) is 73.8 Å². The molecule has 26 heavy (non-hydrogen) atoms. The number of halogens is 1. The highest BCUT2D eigenvalue weighted by Gasteiger charge is 2.19. The highest BCUT2D eigenvalue weighted by molar-refractivity contribution is 7.09. The number of benzene rings is 2. The quantitative estimate of drug-likeness (QED) is 0.572. The number of carbonyl (C=O) groups excluding carboxylic acids is 1. The predicted molar refractivity (Wildman–Crippen MR) is 103 cm³/mol. The zero-order valence-corrected chi connectivity index (χ0v) is 15.5. The topological polar surface area (TPSA) is 29.5 Å². The Hall–Kier alpha value is -2.66. The van der Waals surface area contributed by atoms with Gasteiger partial charge in [0.15, 0.2) is 0 Å². The van der Waals surface area contributed by atoms with Gasteiger partial charge in [0.05, 0.1) is 12.6 Å². The number of rotatable bonds is 6. The molecular formula is C21H20FNO2S. The summed E-state index contributed by atoms with van der Waals surface area (Å²) < 4.78 is 18.9. The Kier molecular flexibility index (Phi) is 5.68. The number of hydrogen-bond acceptors (Lipinski definition) is 3. The maximum atomic E-state index is 13.3. The molecule has 0 aliphatic carbocycles.